The SMILES string of the molecule is Cc1nc2c(Cl)cc(F)cn2c1C(N)=S. The van der Waals surface area contributed by atoms with Gasteiger partial charge in [0.15, 0.2) is 5.65 Å². The first-order valence-corrected chi connectivity index (χ1v) is 4.93. The van der Waals surface area contributed by atoms with Crippen molar-refractivity contribution in [1.82, 2.24) is 9.38 Å². The third kappa shape index (κ3) is 1.57. The van der Waals surface area contributed by atoms with Gasteiger partial charge in [0.1, 0.15) is 16.5 Å². The van der Waals surface area contributed by atoms with Crippen LogP contribution >= 0.6 is 23.8 Å². The molecular formula is C9H7ClFN3S. The van der Waals surface area contributed by atoms with Crippen molar-refractivity contribution < 1.29 is 4.39 Å². The van der Waals surface area contributed by atoms with E-state index in [1.54, 1.807) is 6.92 Å². The van der Waals surface area contributed by atoms with E-state index in [9.17, 15) is 4.39 Å². The van der Waals surface area contributed by atoms with Gasteiger partial charge in [-0.2, -0.15) is 0 Å². The lowest BCUT2D eigenvalue weighted by atomic mass is 10.3. The van der Waals surface area contributed by atoms with Gasteiger partial charge in [0.25, 0.3) is 0 Å². The second kappa shape index (κ2) is 3.43. The lowest BCUT2D eigenvalue weighted by Gasteiger charge is -2.01. The van der Waals surface area contributed by atoms with Gasteiger partial charge in [-0.25, -0.2) is 9.37 Å². The van der Waals surface area contributed by atoms with Crippen molar-refractivity contribution in [2.24, 2.45) is 5.73 Å². The van der Waals surface area contributed by atoms with Gasteiger partial charge in [0, 0.05) is 6.20 Å². The summed E-state index contributed by atoms with van der Waals surface area (Å²) in [6, 6.07) is 1.20. The Morgan fingerprint density at radius 3 is 2.93 bits per heavy atom. The molecule has 0 radical (unpaired) electrons. The molecular weight excluding hydrogens is 237 g/mol. The fourth-order valence-corrected chi connectivity index (χ4v) is 1.97. The number of aromatic nitrogens is 2. The third-order valence-electron chi connectivity index (χ3n) is 2.05. The summed E-state index contributed by atoms with van der Waals surface area (Å²) in [4.78, 5) is 4.34. The van der Waals surface area contributed by atoms with E-state index in [-0.39, 0.29) is 10.0 Å². The number of halogens is 2. The Hall–Kier alpha value is -1.20. The number of fused-ring (bicyclic) bond motifs is 1. The largest absolute Gasteiger partial charge is 0.388 e. The second-order valence-electron chi connectivity index (χ2n) is 3.11. The van der Waals surface area contributed by atoms with E-state index in [0.29, 0.717) is 17.0 Å². The molecule has 0 unspecified atom stereocenters. The Bertz CT molecular complexity index is 564. The average molecular weight is 244 g/mol. The maximum absolute atomic E-state index is 13.1. The predicted molar refractivity (Wildman–Crippen MR) is 60.8 cm³/mol. The normalized spacial score (nSPS) is 10.9. The monoisotopic (exact) mass is 243 g/mol. The quantitative estimate of drug-likeness (QED) is 0.780. The molecule has 2 aromatic rings. The molecule has 0 aliphatic carbocycles. The molecule has 2 N–H and O–H groups in total. The molecule has 0 atom stereocenters. The zero-order chi connectivity index (χ0) is 11.2. The van der Waals surface area contributed by atoms with E-state index < -0.39 is 5.82 Å². The summed E-state index contributed by atoms with van der Waals surface area (Å²) in [7, 11) is 0. The van der Waals surface area contributed by atoms with Crippen molar-refractivity contribution in [1.29, 1.82) is 0 Å². The minimum atomic E-state index is -0.456. The summed E-state index contributed by atoms with van der Waals surface area (Å²) in [6.07, 6.45) is 1.26. The molecule has 0 saturated heterocycles. The standard InChI is InChI=1S/C9H7ClFN3S/c1-4-7(8(12)15)14-3-5(11)2-6(10)9(14)13-4/h2-3H,1H3,(H2,12,15). The molecule has 0 aromatic carbocycles. The van der Waals surface area contributed by atoms with Gasteiger partial charge in [-0.15, -0.1) is 0 Å². The van der Waals surface area contributed by atoms with Crippen LogP contribution < -0.4 is 5.73 Å². The van der Waals surface area contributed by atoms with Crippen LogP contribution in [0.15, 0.2) is 12.3 Å². The van der Waals surface area contributed by atoms with E-state index >= 15 is 0 Å². The van der Waals surface area contributed by atoms with Crippen molar-refractivity contribution in [2.45, 2.75) is 6.92 Å². The highest BCUT2D eigenvalue weighted by Crippen LogP contribution is 2.21. The number of hydrogen-bond donors (Lipinski definition) is 1. The second-order valence-corrected chi connectivity index (χ2v) is 3.96. The first kappa shape index (κ1) is 10.3. The van der Waals surface area contributed by atoms with Crippen molar-refractivity contribution in [2.75, 3.05) is 0 Å². The third-order valence-corrected chi connectivity index (χ3v) is 2.52. The molecule has 0 aliphatic heterocycles. The minimum absolute atomic E-state index is 0.168. The summed E-state index contributed by atoms with van der Waals surface area (Å²) in [6.45, 7) is 1.75. The molecule has 0 amide bonds. The molecule has 0 fully saturated rings. The van der Waals surface area contributed by atoms with Crippen molar-refractivity contribution >= 4 is 34.5 Å². The van der Waals surface area contributed by atoms with Crippen LogP contribution in [0.3, 0.4) is 0 Å². The Balaban J connectivity index is 2.93. The maximum atomic E-state index is 13.1. The van der Waals surface area contributed by atoms with E-state index in [1.165, 1.54) is 16.7 Å². The summed E-state index contributed by atoms with van der Waals surface area (Å²) in [5.41, 5.74) is 7.14. The highest BCUT2D eigenvalue weighted by atomic mass is 35.5. The van der Waals surface area contributed by atoms with Crippen LogP contribution in [0.5, 0.6) is 0 Å². The van der Waals surface area contributed by atoms with Crippen LogP contribution in [-0.2, 0) is 0 Å². The molecule has 3 nitrogen and oxygen atoms in total. The molecule has 0 saturated carbocycles. The molecule has 0 aliphatic rings. The van der Waals surface area contributed by atoms with Gasteiger partial charge in [0.05, 0.1) is 10.7 Å². The zero-order valence-electron chi connectivity index (χ0n) is 7.79. The lowest BCUT2D eigenvalue weighted by molar-refractivity contribution is 0.619. The van der Waals surface area contributed by atoms with E-state index in [2.05, 4.69) is 4.98 Å². The number of pyridine rings is 1. The zero-order valence-corrected chi connectivity index (χ0v) is 9.36. The number of nitrogens with zero attached hydrogens (tertiary/aromatic N) is 2. The van der Waals surface area contributed by atoms with Crippen molar-refractivity contribution in [3.05, 3.63) is 34.5 Å². The van der Waals surface area contributed by atoms with Crippen LogP contribution in [-0.4, -0.2) is 14.4 Å². The first-order chi connectivity index (χ1) is 7.00. The van der Waals surface area contributed by atoms with Crippen LogP contribution in [0.1, 0.15) is 11.4 Å². The Morgan fingerprint density at radius 2 is 2.33 bits per heavy atom. The fourth-order valence-electron chi connectivity index (χ4n) is 1.48. The minimum Gasteiger partial charge on any atom is -0.388 e. The van der Waals surface area contributed by atoms with Gasteiger partial charge >= 0.3 is 0 Å². The highest BCUT2D eigenvalue weighted by Gasteiger charge is 2.14. The van der Waals surface area contributed by atoms with E-state index in [4.69, 9.17) is 29.6 Å². The lowest BCUT2D eigenvalue weighted by Crippen LogP contribution is -2.13. The van der Waals surface area contributed by atoms with Gasteiger partial charge in [-0.3, -0.25) is 4.40 Å². The van der Waals surface area contributed by atoms with Crippen molar-refractivity contribution in [3.63, 3.8) is 0 Å². The smallest absolute Gasteiger partial charge is 0.156 e. The predicted octanol–water partition coefficient (Wildman–Crippen LogP) is 2.07. The molecule has 0 bridgehead atoms. The van der Waals surface area contributed by atoms with E-state index in [1.807, 2.05) is 0 Å². The van der Waals surface area contributed by atoms with Gasteiger partial charge in [0.2, 0.25) is 0 Å². The molecule has 78 valence electrons. The summed E-state index contributed by atoms with van der Waals surface area (Å²) < 4.78 is 14.6. The number of nitrogens with two attached hydrogens (primary N) is 1. The average Bonchev–Trinajstić information content (AvgIpc) is 2.41. The molecule has 2 heterocycles. The molecule has 2 aromatic heterocycles. The Labute approximate surface area is 95.7 Å². The number of imidazole rings is 1. The number of hydrogen-bond acceptors (Lipinski definition) is 2. The fraction of sp³-hybridized carbons (Fsp3) is 0.111. The van der Waals surface area contributed by atoms with Gasteiger partial charge in [-0.1, -0.05) is 23.8 Å². The number of thiocarbonyl (C=S) groups is 1. The summed E-state index contributed by atoms with van der Waals surface area (Å²) >= 11 is 10.7. The van der Waals surface area contributed by atoms with Crippen LogP contribution in [0, 0.1) is 12.7 Å². The summed E-state index contributed by atoms with van der Waals surface area (Å²) in [5, 5.41) is 0.237. The number of aryl methyl sites for hydroxylation is 1. The molecule has 0 spiro atoms. The van der Waals surface area contributed by atoms with Gasteiger partial charge in [-0.05, 0) is 13.0 Å². The van der Waals surface area contributed by atoms with Crippen LogP contribution in [0.4, 0.5) is 4.39 Å². The highest BCUT2D eigenvalue weighted by molar-refractivity contribution is 7.80. The van der Waals surface area contributed by atoms with E-state index in [0.717, 1.165) is 0 Å². The number of rotatable bonds is 1. The first-order valence-electron chi connectivity index (χ1n) is 4.14. The summed E-state index contributed by atoms with van der Waals surface area (Å²) in [5.74, 6) is -0.456. The molecule has 2 rings (SSSR count). The maximum Gasteiger partial charge on any atom is 0.156 e. The van der Waals surface area contributed by atoms with Crippen LogP contribution in [0.2, 0.25) is 5.02 Å². The Morgan fingerprint density at radius 1 is 1.67 bits per heavy atom. The van der Waals surface area contributed by atoms with Gasteiger partial charge < -0.3 is 5.73 Å². The Kier molecular flexibility index (Phi) is 2.36. The molecule has 15 heavy (non-hydrogen) atoms. The van der Waals surface area contributed by atoms with Crippen LogP contribution in [0.25, 0.3) is 5.65 Å². The topological polar surface area (TPSA) is 43.3 Å². The molecule has 6 heteroatoms. The van der Waals surface area contributed by atoms with Crippen molar-refractivity contribution in [3.8, 4) is 0 Å².